The van der Waals surface area contributed by atoms with E-state index in [0.717, 1.165) is 0 Å². The highest BCUT2D eigenvalue weighted by atomic mass is 19.4. The van der Waals surface area contributed by atoms with Gasteiger partial charge in [-0.3, -0.25) is 4.98 Å². The second-order valence-corrected chi connectivity index (χ2v) is 2.29. The smallest absolute Gasteiger partial charge is 0.260 e. The summed E-state index contributed by atoms with van der Waals surface area (Å²) in [6.07, 6.45) is -9.38. The van der Waals surface area contributed by atoms with Gasteiger partial charge in [0.15, 0.2) is 11.4 Å². The van der Waals surface area contributed by atoms with Crippen molar-refractivity contribution < 1.29 is 26.3 Å². The Morgan fingerprint density at radius 3 is 1.43 bits per heavy atom. The lowest BCUT2D eigenvalue weighted by molar-refractivity contribution is -0.150. The molecule has 0 fully saturated rings. The van der Waals surface area contributed by atoms with E-state index >= 15 is 0 Å². The highest BCUT2D eigenvalue weighted by Crippen LogP contribution is 2.31. The van der Waals surface area contributed by atoms with Crippen LogP contribution in [0.3, 0.4) is 0 Å². The monoisotopic (exact) mass is 216 g/mol. The van der Waals surface area contributed by atoms with Gasteiger partial charge in [-0.05, 0) is 0 Å². The lowest BCUT2D eigenvalue weighted by Crippen LogP contribution is -2.15. The number of nitrogens with zero attached hydrogens (tertiary/aromatic N) is 2. The fourth-order valence-electron chi connectivity index (χ4n) is 0.639. The van der Waals surface area contributed by atoms with Crippen LogP contribution in [0.25, 0.3) is 0 Å². The van der Waals surface area contributed by atoms with Crippen LogP contribution in [0.15, 0.2) is 12.4 Å². The number of aromatic nitrogens is 2. The minimum atomic E-state index is -4.92. The molecule has 2 nitrogen and oxygen atoms in total. The standard InChI is InChI=1S/C6H2F6N2/c7-5(8,9)3-1-13-2-4(14-3)6(10,11)12/h1-2H. The van der Waals surface area contributed by atoms with E-state index in [-0.39, 0.29) is 12.4 Å². The predicted molar refractivity (Wildman–Crippen MR) is 32.0 cm³/mol. The average molecular weight is 216 g/mol. The minimum Gasteiger partial charge on any atom is -0.260 e. The number of hydrogen-bond donors (Lipinski definition) is 0. The number of alkyl halides is 6. The molecule has 0 saturated heterocycles. The van der Waals surface area contributed by atoms with Crippen molar-refractivity contribution >= 4 is 0 Å². The van der Waals surface area contributed by atoms with Gasteiger partial charge in [-0.1, -0.05) is 0 Å². The molecule has 0 aromatic carbocycles. The molecule has 0 spiro atoms. The van der Waals surface area contributed by atoms with Crippen LogP contribution in [0.4, 0.5) is 26.3 Å². The molecule has 78 valence electrons. The molecule has 1 aromatic heterocycles. The molecule has 0 aliphatic carbocycles. The molecule has 0 unspecified atom stereocenters. The highest BCUT2D eigenvalue weighted by molar-refractivity contribution is 5.08. The maximum atomic E-state index is 11.9. The van der Waals surface area contributed by atoms with Crippen LogP contribution < -0.4 is 0 Å². The lowest BCUT2D eigenvalue weighted by atomic mass is 10.4. The van der Waals surface area contributed by atoms with Crippen LogP contribution >= 0.6 is 0 Å². The third kappa shape index (κ3) is 2.33. The Balaban J connectivity index is 3.15. The summed E-state index contributed by atoms with van der Waals surface area (Å²) in [6, 6.07) is 0. The summed E-state index contributed by atoms with van der Waals surface area (Å²) in [5.74, 6) is 0. The molecule has 0 bridgehead atoms. The van der Waals surface area contributed by atoms with Gasteiger partial charge in [0.1, 0.15) is 0 Å². The summed E-state index contributed by atoms with van der Waals surface area (Å²) in [4.78, 5) is 5.22. The van der Waals surface area contributed by atoms with Gasteiger partial charge in [-0.2, -0.15) is 26.3 Å². The number of halogens is 6. The molecule has 0 radical (unpaired) electrons. The van der Waals surface area contributed by atoms with Gasteiger partial charge in [0.2, 0.25) is 0 Å². The Labute approximate surface area is 73.6 Å². The number of hydrogen-bond acceptors (Lipinski definition) is 2. The third-order valence-corrected chi connectivity index (χ3v) is 1.22. The summed E-state index contributed by atoms with van der Waals surface area (Å²) >= 11 is 0. The second-order valence-electron chi connectivity index (χ2n) is 2.29. The first kappa shape index (κ1) is 10.7. The Hall–Kier alpha value is -1.34. The first-order valence-electron chi connectivity index (χ1n) is 3.17. The van der Waals surface area contributed by atoms with Gasteiger partial charge >= 0.3 is 12.4 Å². The lowest BCUT2D eigenvalue weighted by Gasteiger charge is -2.08. The first-order valence-corrected chi connectivity index (χ1v) is 3.17. The summed E-state index contributed by atoms with van der Waals surface area (Å²) in [5, 5.41) is 0. The summed E-state index contributed by atoms with van der Waals surface area (Å²) < 4.78 is 71.3. The Kier molecular flexibility index (Phi) is 2.38. The molecular formula is C6H2F6N2. The fourth-order valence-corrected chi connectivity index (χ4v) is 0.639. The molecular weight excluding hydrogens is 214 g/mol. The predicted octanol–water partition coefficient (Wildman–Crippen LogP) is 2.51. The van der Waals surface area contributed by atoms with E-state index in [4.69, 9.17) is 0 Å². The summed E-state index contributed by atoms with van der Waals surface area (Å²) in [6.45, 7) is 0. The van der Waals surface area contributed by atoms with E-state index in [9.17, 15) is 26.3 Å². The molecule has 8 heteroatoms. The van der Waals surface area contributed by atoms with Crippen LogP contribution in [-0.2, 0) is 12.4 Å². The van der Waals surface area contributed by atoms with Gasteiger partial charge in [0.05, 0.1) is 12.4 Å². The number of rotatable bonds is 0. The normalized spacial score (nSPS) is 13.0. The van der Waals surface area contributed by atoms with Crippen LogP contribution in [0, 0.1) is 0 Å². The third-order valence-electron chi connectivity index (χ3n) is 1.22. The van der Waals surface area contributed by atoms with Gasteiger partial charge in [0.25, 0.3) is 0 Å². The highest BCUT2D eigenvalue weighted by Gasteiger charge is 2.38. The van der Waals surface area contributed by atoms with Crippen molar-refractivity contribution in [1.82, 2.24) is 9.97 Å². The van der Waals surface area contributed by atoms with Gasteiger partial charge in [0, 0.05) is 0 Å². The molecule has 1 heterocycles. The molecule has 14 heavy (non-hydrogen) atoms. The second kappa shape index (κ2) is 3.10. The molecule has 0 amide bonds. The molecule has 0 atom stereocenters. The largest absolute Gasteiger partial charge is 0.434 e. The Morgan fingerprint density at radius 2 is 1.14 bits per heavy atom. The van der Waals surface area contributed by atoms with Gasteiger partial charge in [-0.15, -0.1) is 0 Å². The Bertz CT molecular complexity index is 299. The van der Waals surface area contributed by atoms with Crippen molar-refractivity contribution in [3.63, 3.8) is 0 Å². The molecule has 0 aliphatic heterocycles. The van der Waals surface area contributed by atoms with Crippen molar-refractivity contribution in [2.75, 3.05) is 0 Å². The van der Waals surface area contributed by atoms with Crippen LogP contribution in [0.1, 0.15) is 11.4 Å². The van der Waals surface area contributed by atoms with Crippen LogP contribution in [0.2, 0.25) is 0 Å². The van der Waals surface area contributed by atoms with Crippen LogP contribution in [-0.4, -0.2) is 9.97 Å². The summed E-state index contributed by atoms with van der Waals surface area (Å²) in [5.41, 5.74) is -3.32. The molecule has 1 aromatic rings. The maximum absolute atomic E-state index is 11.9. The van der Waals surface area contributed by atoms with Crippen molar-refractivity contribution in [3.8, 4) is 0 Å². The Morgan fingerprint density at radius 1 is 0.786 bits per heavy atom. The topological polar surface area (TPSA) is 25.8 Å². The van der Waals surface area contributed by atoms with Crippen molar-refractivity contribution in [2.45, 2.75) is 12.4 Å². The van der Waals surface area contributed by atoms with Crippen molar-refractivity contribution in [3.05, 3.63) is 23.8 Å². The SMILES string of the molecule is FC(F)(F)c1cncc(C(F)(F)F)n1. The zero-order valence-corrected chi connectivity index (χ0v) is 6.32. The zero-order chi connectivity index (χ0) is 11.0. The van der Waals surface area contributed by atoms with E-state index in [1.54, 1.807) is 0 Å². The zero-order valence-electron chi connectivity index (χ0n) is 6.32. The minimum absolute atomic E-state index is 0.231. The van der Waals surface area contributed by atoms with Crippen LogP contribution in [0.5, 0.6) is 0 Å². The van der Waals surface area contributed by atoms with Crippen molar-refractivity contribution in [1.29, 1.82) is 0 Å². The quantitative estimate of drug-likeness (QED) is 0.622. The molecule has 0 aliphatic rings. The fraction of sp³-hybridized carbons (Fsp3) is 0.333. The van der Waals surface area contributed by atoms with E-state index < -0.39 is 23.7 Å². The maximum Gasteiger partial charge on any atom is 0.434 e. The van der Waals surface area contributed by atoms with Crippen molar-refractivity contribution in [2.24, 2.45) is 0 Å². The molecule has 1 rings (SSSR count). The average Bonchev–Trinajstić information content (AvgIpc) is 2.01. The van der Waals surface area contributed by atoms with Gasteiger partial charge in [-0.25, -0.2) is 4.98 Å². The summed E-state index contributed by atoms with van der Waals surface area (Å²) in [7, 11) is 0. The van der Waals surface area contributed by atoms with E-state index in [1.165, 1.54) is 0 Å². The first-order chi connectivity index (χ1) is 6.21. The van der Waals surface area contributed by atoms with E-state index in [1.807, 2.05) is 0 Å². The van der Waals surface area contributed by atoms with E-state index in [0.29, 0.717) is 0 Å². The molecule has 0 N–H and O–H groups in total. The van der Waals surface area contributed by atoms with Gasteiger partial charge < -0.3 is 0 Å². The van der Waals surface area contributed by atoms with E-state index in [2.05, 4.69) is 9.97 Å². The molecule has 0 saturated carbocycles.